The third-order valence-corrected chi connectivity index (χ3v) is 8.39. The van der Waals surface area contributed by atoms with E-state index in [9.17, 15) is 0 Å². The van der Waals surface area contributed by atoms with Crippen LogP contribution in [0, 0.1) is 6.92 Å². The van der Waals surface area contributed by atoms with Crippen molar-refractivity contribution < 1.29 is 18.9 Å². The Kier molecular flexibility index (Phi) is 6.42. The van der Waals surface area contributed by atoms with Crippen molar-refractivity contribution in [3.63, 3.8) is 0 Å². The summed E-state index contributed by atoms with van der Waals surface area (Å²) < 4.78 is 22.6. The molecule has 1 aromatic carbocycles. The van der Waals surface area contributed by atoms with E-state index < -0.39 is 18.4 Å². The van der Waals surface area contributed by atoms with Crippen molar-refractivity contribution in [3.8, 4) is 11.5 Å². The van der Waals surface area contributed by atoms with Gasteiger partial charge in [-0.3, -0.25) is 0 Å². The van der Waals surface area contributed by atoms with E-state index in [-0.39, 0.29) is 13.6 Å². The number of hydrogen-bond donors (Lipinski definition) is 0. The molecule has 0 fully saturated rings. The van der Waals surface area contributed by atoms with Crippen LogP contribution in [-0.2, 0) is 9.47 Å². The number of methoxy groups -OCH3 is 2. The van der Waals surface area contributed by atoms with Crippen LogP contribution in [0.25, 0.3) is 0 Å². The average molecular weight is 375 g/mol. The Balaban J connectivity index is 3.15. The number of aryl methyl sites for hydroxylation is 1. The van der Waals surface area contributed by atoms with Crippen LogP contribution < -0.4 is 13.1 Å². The van der Waals surface area contributed by atoms with Crippen LogP contribution in [0.15, 0.2) is 12.1 Å². The second kappa shape index (κ2) is 7.36. The minimum absolute atomic E-state index is 0.261. The molecule has 0 aromatic heterocycles. The molecule has 0 spiro atoms. The van der Waals surface area contributed by atoms with E-state index in [4.69, 9.17) is 18.9 Å². The third-order valence-electron chi connectivity index (χ3n) is 2.72. The summed E-state index contributed by atoms with van der Waals surface area (Å²) in [6.07, 6.45) is 0. The summed E-state index contributed by atoms with van der Waals surface area (Å²) in [4.78, 5) is 7.05. The van der Waals surface area contributed by atoms with Gasteiger partial charge in [-0.1, -0.05) is 0 Å². The predicted octanol–water partition coefficient (Wildman–Crippen LogP) is 2.51. The molecule has 0 aliphatic carbocycles. The number of ether oxygens (including phenoxy) is 4. The second-order valence-electron chi connectivity index (χ2n) is 5.47. The van der Waals surface area contributed by atoms with Gasteiger partial charge in [-0.15, -0.1) is 0 Å². The molecule has 0 aliphatic rings. The first-order chi connectivity index (χ1) is 8.90. The molecule has 0 bridgehead atoms. The third kappa shape index (κ3) is 4.85. The molecule has 0 radical (unpaired) electrons. The summed E-state index contributed by atoms with van der Waals surface area (Å²) >= 11 is -2.29. The van der Waals surface area contributed by atoms with Crippen molar-refractivity contribution in [2.45, 2.75) is 21.7 Å². The van der Waals surface area contributed by atoms with Crippen LogP contribution >= 0.6 is 0 Å². The van der Waals surface area contributed by atoms with Crippen molar-refractivity contribution in [2.75, 3.05) is 27.8 Å². The van der Waals surface area contributed by atoms with Gasteiger partial charge in [0.1, 0.15) is 0 Å². The summed E-state index contributed by atoms with van der Waals surface area (Å²) in [5.74, 6) is 1.79. The molecule has 0 aliphatic heterocycles. The molecule has 4 nitrogen and oxygen atoms in total. The Hall–Kier alpha value is -0.461. The molecule has 5 heteroatoms. The molecule has 0 unspecified atom stereocenters. The maximum absolute atomic E-state index is 5.75. The van der Waals surface area contributed by atoms with Crippen molar-refractivity contribution in [1.29, 1.82) is 0 Å². The molecule has 19 heavy (non-hydrogen) atoms. The van der Waals surface area contributed by atoms with Gasteiger partial charge < -0.3 is 0 Å². The zero-order valence-corrected chi connectivity index (χ0v) is 15.6. The Labute approximate surface area is 119 Å². The number of rotatable bonds is 7. The molecule has 0 atom stereocenters. The molecule has 0 amide bonds. The van der Waals surface area contributed by atoms with Gasteiger partial charge in [0.15, 0.2) is 0 Å². The number of hydrogen-bond acceptors (Lipinski definition) is 4. The van der Waals surface area contributed by atoms with Crippen molar-refractivity contribution in [1.82, 2.24) is 0 Å². The number of benzene rings is 1. The molecular weight excluding hydrogens is 351 g/mol. The molecule has 1 rings (SSSR count). The van der Waals surface area contributed by atoms with E-state index in [0.29, 0.717) is 0 Å². The minimum atomic E-state index is -2.29. The van der Waals surface area contributed by atoms with Crippen molar-refractivity contribution in [3.05, 3.63) is 17.7 Å². The monoisotopic (exact) mass is 376 g/mol. The fraction of sp³-hybridized carbons (Fsp3) is 0.571. The van der Waals surface area contributed by atoms with Gasteiger partial charge >= 0.3 is 120 Å². The molecule has 1 aromatic rings. The fourth-order valence-corrected chi connectivity index (χ4v) is 6.17. The second-order valence-corrected chi connectivity index (χ2v) is 19.8. The molecule has 0 saturated heterocycles. The molecule has 0 saturated carbocycles. The Morgan fingerprint density at radius 2 is 1.53 bits per heavy atom. The Morgan fingerprint density at radius 1 is 0.947 bits per heavy atom. The zero-order valence-electron chi connectivity index (χ0n) is 12.7. The van der Waals surface area contributed by atoms with Gasteiger partial charge in [0, 0.05) is 0 Å². The van der Waals surface area contributed by atoms with Gasteiger partial charge in [-0.25, -0.2) is 0 Å². The van der Waals surface area contributed by atoms with Crippen LogP contribution in [0.2, 0.25) is 14.8 Å². The molecular formula is C14H24O4Sn. The van der Waals surface area contributed by atoms with Crippen molar-refractivity contribution in [2.24, 2.45) is 0 Å². The van der Waals surface area contributed by atoms with Crippen LogP contribution in [0.3, 0.4) is 0 Å². The van der Waals surface area contributed by atoms with Gasteiger partial charge in [-0.2, -0.15) is 0 Å². The van der Waals surface area contributed by atoms with E-state index in [1.54, 1.807) is 14.2 Å². The van der Waals surface area contributed by atoms with Gasteiger partial charge in [0.2, 0.25) is 0 Å². The average Bonchev–Trinajstić information content (AvgIpc) is 2.33. The van der Waals surface area contributed by atoms with E-state index in [2.05, 4.69) is 20.9 Å². The Morgan fingerprint density at radius 3 is 2.05 bits per heavy atom. The van der Waals surface area contributed by atoms with Crippen LogP contribution in [-0.4, -0.2) is 46.2 Å². The van der Waals surface area contributed by atoms with Crippen LogP contribution in [0.5, 0.6) is 11.5 Å². The summed E-state index contributed by atoms with van der Waals surface area (Å²) in [7, 11) is 3.25. The van der Waals surface area contributed by atoms with E-state index in [1.165, 1.54) is 3.58 Å². The quantitative estimate of drug-likeness (QED) is 0.542. The van der Waals surface area contributed by atoms with Gasteiger partial charge in [0.05, 0.1) is 0 Å². The van der Waals surface area contributed by atoms with Crippen LogP contribution in [0.1, 0.15) is 5.56 Å². The predicted molar refractivity (Wildman–Crippen MR) is 79.2 cm³/mol. The van der Waals surface area contributed by atoms with E-state index in [0.717, 1.165) is 17.1 Å². The fourth-order valence-electron chi connectivity index (χ4n) is 1.82. The van der Waals surface area contributed by atoms with Gasteiger partial charge in [0.25, 0.3) is 0 Å². The Bertz CT molecular complexity index is 413. The molecule has 0 heterocycles. The summed E-state index contributed by atoms with van der Waals surface area (Å²) in [5.41, 5.74) is 1.08. The van der Waals surface area contributed by atoms with E-state index in [1.807, 2.05) is 13.0 Å². The van der Waals surface area contributed by atoms with E-state index >= 15 is 0 Å². The first-order valence-electron chi connectivity index (χ1n) is 6.28. The summed E-state index contributed by atoms with van der Waals surface area (Å²) in [5, 5.41) is 0. The normalized spacial score (nSPS) is 11.5. The SMILES string of the molecule is COCOc1cc(C)c(OCOC)[c]([Sn]([CH3])([CH3])[CH3])c1. The molecule has 108 valence electrons. The first kappa shape index (κ1) is 16.6. The summed E-state index contributed by atoms with van der Waals surface area (Å²) in [6, 6.07) is 4.07. The molecule has 0 N–H and O–H groups in total. The topological polar surface area (TPSA) is 36.9 Å². The summed E-state index contributed by atoms with van der Waals surface area (Å²) in [6.45, 7) is 2.57. The maximum atomic E-state index is 5.75. The standard InChI is InChI=1S/C11H15O4.3CH3.Sn/c1-9-6-10(14-7-12-2)4-5-11(9)15-8-13-3;;;;/h4,6H,7-8H2,1-3H3;3*1H3;. The van der Waals surface area contributed by atoms with Gasteiger partial charge in [-0.05, 0) is 0 Å². The zero-order chi connectivity index (χ0) is 14.5. The van der Waals surface area contributed by atoms with Crippen molar-refractivity contribution >= 4 is 22.0 Å². The first-order valence-corrected chi connectivity index (χ1v) is 16.3. The van der Waals surface area contributed by atoms with Crippen LogP contribution in [0.4, 0.5) is 0 Å².